The first-order chi connectivity index (χ1) is 13.4. The van der Waals surface area contributed by atoms with Crippen molar-refractivity contribution in [3.8, 4) is 0 Å². The predicted octanol–water partition coefficient (Wildman–Crippen LogP) is 1.37. The zero-order valence-electron chi connectivity index (χ0n) is 15.3. The molecule has 0 amide bonds. The molecule has 0 spiro atoms. The zero-order chi connectivity index (χ0) is 19.5. The summed E-state index contributed by atoms with van der Waals surface area (Å²) in [5, 5.41) is 0. The Kier molecular flexibility index (Phi) is 3.97. The first-order valence-corrected chi connectivity index (χ1v) is 10.5. The minimum absolute atomic E-state index is 0.118. The summed E-state index contributed by atoms with van der Waals surface area (Å²) in [5.74, 6) is 0.997. The Morgan fingerprint density at radius 2 is 2.11 bits per heavy atom. The van der Waals surface area contributed by atoms with Crippen molar-refractivity contribution in [2.24, 2.45) is 7.05 Å². The third kappa shape index (κ3) is 2.71. The molecule has 0 aliphatic carbocycles. The van der Waals surface area contributed by atoms with E-state index in [0.717, 1.165) is 12.2 Å². The van der Waals surface area contributed by atoms with Crippen LogP contribution in [-0.4, -0.2) is 42.0 Å². The molecule has 2 aliphatic heterocycles. The average molecular weight is 405 g/mol. The molecular weight excluding hydrogens is 386 g/mol. The summed E-state index contributed by atoms with van der Waals surface area (Å²) in [6, 6.07) is 4.43. The van der Waals surface area contributed by atoms with Crippen LogP contribution < -0.4 is 5.76 Å². The van der Waals surface area contributed by atoms with E-state index < -0.39 is 15.8 Å². The molecule has 148 valence electrons. The van der Waals surface area contributed by atoms with Crippen molar-refractivity contribution in [1.82, 2.24) is 13.9 Å². The summed E-state index contributed by atoms with van der Waals surface area (Å²) in [7, 11) is -2.20. The molecule has 28 heavy (non-hydrogen) atoms. The van der Waals surface area contributed by atoms with Crippen LogP contribution in [0.15, 0.2) is 36.7 Å². The van der Waals surface area contributed by atoms with Crippen molar-refractivity contribution in [2.45, 2.75) is 30.2 Å². The van der Waals surface area contributed by atoms with Crippen molar-refractivity contribution in [1.29, 1.82) is 0 Å². The minimum Gasteiger partial charge on any atom is -0.445 e. The highest BCUT2D eigenvalue weighted by atomic mass is 32.2. The van der Waals surface area contributed by atoms with E-state index in [0.29, 0.717) is 48.9 Å². The molecule has 4 heterocycles. The summed E-state index contributed by atoms with van der Waals surface area (Å²) >= 11 is 0. The molecule has 1 fully saturated rings. The molecule has 0 radical (unpaired) electrons. The van der Waals surface area contributed by atoms with Gasteiger partial charge in [-0.3, -0.25) is 4.57 Å². The number of aromatic nitrogens is 2. The second-order valence-electron chi connectivity index (χ2n) is 7.13. The van der Waals surface area contributed by atoms with Crippen molar-refractivity contribution >= 4 is 21.1 Å². The van der Waals surface area contributed by atoms with Crippen LogP contribution in [0.5, 0.6) is 0 Å². The zero-order valence-corrected chi connectivity index (χ0v) is 16.1. The Balaban J connectivity index is 1.46. The Morgan fingerprint density at radius 1 is 1.25 bits per heavy atom. The second kappa shape index (κ2) is 6.29. The smallest absolute Gasteiger partial charge is 0.419 e. The number of aryl methyl sites for hydroxylation is 1. The topological polar surface area (TPSA) is 108 Å². The molecule has 3 aromatic rings. The molecule has 1 aromatic carbocycles. The van der Waals surface area contributed by atoms with Crippen LogP contribution in [-0.2, 0) is 34.8 Å². The fourth-order valence-corrected chi connectivity index (χ4v) is 5.14. The van der Waals surface area contributed by atoms with E-state index >= 15 is 0 Å². The summed E-state index contributed by atoms with van der Waals surface area (Å²) < 4.78 is 45.3. The summed E-state index contributed by atoms with van der Waals surface area (Å²) in [6.07, 6.45) is 1.34. The predicted molar refractivity (Wildman–Crippen MR) is 97.4 cm³/mol. The van der Waals surface area contributed by atoms with Crippen molar-refractivity contribution < 1.29 is 22.0 Å². The van der Waals surface area contributed by atoms with Crippen LogP contribution >= 0.6 is 0 Å². The van der Waals surface area contributed by atoms with Gasteiger partial charge >= 0.3 is 5.76 Å². The molecule has 0 bridgehead atoms. The number of oxazole rings is 2. The van der Waals surface area contributed by atoms with E-state index in [4.69, 9.17) is 13.6 Å². The van der Waals surface area contributed by atoms with Crippen LogP contribution in [0.25, 0.3) is 11.1 Å². The Bertz CT molecular complexity index is 1220. The molecule has 2 aromatic heterocycles. The Hall–Kier alpha value is -2.43. The van der Waals surface area contributed by atoms with Gasteiger partial charge in [0, 0.05) is 26.6 Å². The lowest BCUT2D eigenvalue weighted by Crippen LogP contribution is -2.35. The number of hydrogen-bond donors (Lipinski definition) is 0. The highest BCUT2D eigenvalue weighted by Gasteiger charge is 2.33. The van der Waals surface area contributed by atoms with E-state index in [-0.39, 0.29) is 17.4 Å². The average Bonchev–Trinajstić information content (AvgIpc) is 3.40. The largest absolute Gasteiger partial charge is 0.445 e. The van der Waals surface area contributed by atoms with E-state index in [2.05, 4.69) is 4.98 Å². The molecular formula is C18H19N3O6S. The maximum atomic E-state index is 13.2. The number of sulfonamides is 1. The van der Waals surface area contributed by atoms with Crippen LogP contribution in [0, 0.1) is 0 Å². The number of benzene rings is 1. The van der Waals surface area contributed by atoms with Gasteiger partial charge in [-0.1, -0.05) is 0 Å². The van der Waals surface area contributed by atoms with Crippen molar-refractivity contribution in [3.63, 3.8) is 0 Å². The fraction of sp³-hybridized carbons (Fsp3) is 0.444. The molecule has 0 N–H and O–H groups in total. The minimum atomic E-state index is -3.74. The van der Waals surface area contributed by atoms with Gasteiger partial charge in [0.15, 0.2) is 11.5 Å². The highest BCUT2D eigenvalue weighted by Crippen LogP contribution is 2.31. The molecule has 9 nitrogen and oxygen atoms in total. The first-order valence-electron chi connectivity index (χ1n) is 9.09. The van der Waals surface area contributed by atoms with Crippen LogP contribution in [0.4, 0.5) is 0 Å². The molecule has 0 saturated carbocycles. The molecule has 1 atom stereocenters. The van der Waals surface area contributed by atoms with Crippen molar-refractivity contribution in [2.75, 3.05) is 19.8 Å². The van der Waals surface area contributed by atoms with E-state index in [1.807, 2.05) is 0 Å². The number of nitrogens with zero attached hydrogens (tertiary/aromatic N) is 3. The third-order valence-corrected chi connectivity index (χ3v) is 7.23. The van der Waals surface area contributed by atoms with Gasteiger partial charge in [-0.2, -0.15) is 4.31 Å². The summed E-state index contributed by atoms with van der Waals surface area (Å²) in [5.41, 5.74) is 1.45. The van der Waals surface area contributed by atoms with E-state index in [9.17, 15) is 13.2 Å². The normalized spacial score (nSPS) is 20.7. The first kappa shape index (κ1) is 17.7. The molecule has 2 aliphatic rings. The monoisotopic (exact) mass is 405 g/mol. The molecule has 1 saturated heterocycles. The Labute approximate surface area is 160 Å². The number of rotatable bonds is 3. The quantitative estimate of drug-likeness (QED) is 0.648. The lowest BCUT2D eigenvalue weighted by molar-refractivity contribution is 0.190. The van der Waals surface area contributed by atoms with E-state index in [1.165, 1.54) is 27.1 Å². The number of ether oxygens (including phenoxy) is 1. The molecule has 5 rings (SSSR count). The standard InChI is InChI=1S/C18H19N3O6S/c1-20-14-8-12(2-3-16(14)27-18(20)22)28(23,24)21-6-4-15-13(9-21)19-17(26-15)11-5-7-25-10-11/h2-3,8,11H,4-7,9-10H2,1H3. The SMILES string of the molecule is Cn1c(=O)oc2ccc(S(=O)(=O)N3CCc4oc(C5CCOC5)nc4C3)cc21. The molecule has 1 unspecified atom stereocenters. The van der Waals surface area contributed by atoms with Crippen LogP contribution in [0.2, 0.25) is 0 Å². The lowest BCUT2D eigenvalue weighted by atomic mass is 10.1. The Morgan fingerprint density at radius 3 is 2.89 bits per heavy atom. The third-order valence-electron chi connectivity index (χ3n) is 5.39. The van der Waals surface area contributed by atoms with Gasteiger partial charge in [0.2, 0.25) is 10.0 Å². The van der Waals surface area contributed by atoms with Gasteiger partial charge in [0.05, 0.1) is 35.2 Å². The second-order valence-corrected chi connectivity index (χ2v) is 9.07. The van der Waals surface area contributed by atoms with Gasteiger partial charge < -0.3 is 13.6 Å². The van der Waals surface area contributed by atoms with Gasteiger partial charge in [-0.15, -0.1) is 0 Å². The van der Waals surface area contributed by atoms with E-state index in [1.54, 1.807) is 7.05 Å². The van der Waals surface area contributed by atoms with Gasteiger partial charge in [0.25, 0.3) is 0 Å². The van der Waals surface area contributed by atoms with Gasteiger partial charge in [-0.05, 0) is 24.6 Å². The van der Waals surface area contributed by atoms with Gasteiger partial charge in [0.1, 0.15) is 5.76 Å². The highest BCUT2D eigenvalue weighted by molar-refractivity contribution is 7.89. The molecule has 10 heteroatoms. The lowest BCUT2D eigenvalue weighted by Gasteiger charge is -2.24. The maximum Gasteiger partial charge on any atom is 0.419 e. The number of hydrogen-bond acceptors (Lipinski definition) is 7. The maximum absolute atomic E-state index is 13.2. The number of fused-ring (bicyclic) bond motifs is 2. The fourth-order valence-electron chi connectivity index (χ4n) is 3.72. The van der Waals surface area contributed by atoms with Crippen molar-refractivity contribution in [3.05, 3.63) is 46.1 Å². The van der Waals surface area contributed by atoms with Crippen LogP contribution in [0.1, 0.15) is 29.7 Å². The van der Waals surface area contributed by atoms with Crippen LogP contribution in [0.3, 0.4) is 0 Å². The van der Waals surface area contributed by atoms with Gasteiger partial charge in [-0.25, -0.2) is 18.2 Å². The summed E-state index contributed by atoms with van der Waals surface area (Å²) in [4.78, 5) is 16.3. The summed E-state index contributed by atoms with van der Waals surface area (Å²) in [6.45, 7) is 1.76.